The van der Waals surface area contributed by atoms with E-state index in [-0.39, 0.29) is 11.3 Å². The minimum atomic E-state index is -0.699. The zero-order chi connectivity index (χ0) is 20.8. The second-order valence-electron chi connectivity index (χ2n) is 6.58. The van der Waals surface area contributed by atoms with E-state index < -0.39 is 17.7 Å². The molecule has 1 N–H and O–H groups in total. The molecule has 0 spiro atoms. The van der Waals surface area contributed by atoms with Gasteiger partial charge in [0.1, 0.15) is 11.5 Å². The Morgan fingerprint density at radius 1 is 1.14 bits per heavy atom. The molecule has 1 aromatic heterocycles. The summed E-state index contributed by atoms with van der Waals surface area (Å²) in [5, 5.41) is 10.9. The lowest BCUT2D eigenvalue weighted by molar-refractivity contribution is -0.140. The number of rotatable bonds is 8. The monoisotopic (exact) mass is 396 g/mol. The fraction of sp³-hybridized carbons (Fsp3) is 0.318. The molecule has 0 bridgehead atoms. The Morgan fingerprint density at radius 3 is 2.45 bits per heavy atom. The van der Waals surface area contributed by atoms with Crippen LogP contribution in [0.3, 0.4) is 0 Å². The second-order valence-corrected chi connectivity index (χ2v) is 6.58. The Labute approximate surface area is 169 Å². The van der Waals surface area contributed by atoms with E-state index in [4.69, 9.17) is 9.47 Å². The molecule has 1 saturated heterocycles. The molecular weight excluding hydrogens is 372 g/mol. The zero-order valence-corrected chi connectivity index (χ0v) is 16.5. The number of ketones is 1. The average Bonchev–Trinajstić information content (AvgIpc) is 3.00. The van der Waals surface area contributed by atoms with Crippen molar-refractivity contribution in [3.63, 3.8) is 0 Å². The van der Waals surface area contributed by atoms with Gasteiger partial charge >= 0.3 is 0 Å². The standard InChI is InChI=1S/C22H24N2O5/c1-3-29-17-7-5-15(6-8-17)19-18(20(25)16-9-11-23-12-10-16)21(26)22(27)24(19)13-4-14-28-2/h5-12,19,25H,3-4,13-14H2,1-2H3/b20-18-. The van der Waals surface area contributed by atoms with Crippen LogP contribution in [0.4, 0.5) is 0 Å². The van der Waals surface area contributed by atoms with Crippen LogP contribution >= 0.6 is 0 Å². The smallest absolute Gasteiger partial charge is 0.295 e. The van der Waals surface area contributed by atoms with Crippen LogP contribution in [0.15, 0.2) is 54.4 Å². The van der Waals surface area contributed by atoms with Crippen molar-refractivity contribution >= 4 is 17.4 Å². The molecule has 152 valence electrons. The van der Waals surface area contributed by atoms with Gasteiger partial charge in [-0.3, -0.25) is 14.6 Å². The van der Waals surface area contributed by atoms with Crippen molar-refractivity contribution in [3.05, 3.63) is 65.5 Å². The van der Waals surface area contributed by atoms with Gasteiger partial charge in [-0.1, -0.05) is 12.1 Å². The maximum Gasteiger partial charge on any atom is 0.295 e. The Hall–Kier alpha value is -3.19. The molecule has 7 nitrogen and oxygen atoms in total. The number of nitrogens with zero attached hydrogens (tertiary/aromatic N) is 2. The SMILES string of the molecule is CCOc1ccc(C2/C(=C(/O)c3ccncc3)C(=O)C(=O)N2CCCOC)cc1. The number of aliphatic hydroxyl groups excluding tert-OH is 1. The van der Waals surface area contributed by atoms with Crippen LogP contribution in [-0.4, -0.2) is 53.5 Å². The quantitative estimate of drug-likeness (QED) is 0.319. The maximum absolute atomic E-state index is 12.8. The Morgan fingerprint density at radius 2 is 1.83 bits per heavy atom. The number of methoxy groups -OCH3 is 1. The van der Waals surface area contributed by atoms with Gasteiger partial charge < -0.3 is 19.5 Å². The van der Waals surface area contributed by atoms with Gasteiger partial charge in [-0.15, -0.1) is 0 Å². The summed E-state index contributed by atoms with van der Waals surface area (Å²) in [7, 11) is 1.58. The fourth-order valence-electron chi connectivity index (χ4n) is 3.41. The molecule has 0 radical (unpaired) electrons. The van der Waals surface area contributed by atoms with Gasteiger partial charge in [0.2, 0.25) is 0 Å². The lowest BCUT2D eigenvalue weighted by Gasteiger charge is -2.25. The Balaban J connectivity index is 2.07. The first kappa shape index (κ1) is 20.5. The number of carbonyl (C=O) groups is 2. The van der Waals surface area contributed by atoms with Crippen LogP contribution in [-0.2, 0) is 14.3 Å². The normalized spacial score (nSPS) is 18.3. The van der Waals surface area contributed by atoms with Gasteiger partial charge in [-0.2, -0.15) is 0 Å². The highest BCUT2D eigenvalue weighted by Gasteiger charge is 2.45. The van der Waals surface area contributed by atoms with Crippen molar-refractivity contribution in [2.75, 3.05) is 26.9 Å². The van der Waals surface area contributed by atoms with Gasteiger partial charge in [0.25, 0.3) is 11.7 Å². The number of aromatic nitrogens is 1. The molecular formula is C22H24N2O5. The number of amides is 1. The summed E-state index contributed by atoms with van der Waals surface area (Å²) in [6.07, 6.45) is 3.62. The number of hydrogen-bond donors (Lipinski definition) is 1. The predicted octanol–water partition coefficient (Wildman–Crippen LogP) is 2.94. The number of benzene rings is 1. The third-order valence-corrected chi connectivity index (χ3v) is 4.75. The van der Waals surface area contributed by atoms with Crippen LogP contribution in [0.25, 0.3) is 5.76 Å². The fourth-order valence-corrected chi connectivity index (χ4v) is 3.41. The molecule has 29 heavy (non-hydrogen) atoms. The minimum absolute atomic E-state index is 0.0720. The first-order valence-electron chi connectivity index (χ1n) is 9.49. The molecule has 2 aromatic rings. The van der Waals surface area contributed by atoms with Crippen LogP contribution in [0.2, 0.25) is 0 Å². The molecule has 1 unspecified atom stereocenters. The molecule has 7 heteroatoms. The first-order valence-corrected chi connectivity index (χ1v) is 9.49. The van der Waals surface area contributed by atoms with E-state index in [2.05, 4.69) is 4.98 Å². The first-order chi connectivity index (χ1) is 14.1. The van der Waals surface area contributed by atoms with E-state index in [0.717, 1.165) is 5.56 Å². The molecule has 3 rings (SSSR count). The van der Waals surface area contributed by atoms with Gasteiger partial charge in [0.05, 0.1) is 18.2 Å². The van der Waals surface area contributed by atoms with E-state index in [0.29, 0.717) is 37.5 Å². The molecule has 1 aliphatic rings. The summed E-state index contributed by atoms with van der Waals surface area (Å²) in [5.74, 6) is -0.841. The van der Waals surface area contributed by atoms with Crippen molar-refractivity contribution in [1.82, 2.24) is 9.88 Å². The Kier molecular flexibility index (Phi) is 6.61. The summed E-state index contributed by atoms with van der Waals surface area (Å²) >= 11 is 0. The van der Waals surface area contributed by atoms with Gasteiger partial charge in [0.15, 0.2) is 0 Å². The maximum atomic E-state index is 12.8. The molecule has 1 aromatic carbocycles. The summed E-state index contributed by atoms with van der Waals surface area (Å²) < 4.78 is 10.6. The molecule has 1 amide bonds. The second kappa shape index (κ2) is 9.34. The highest BCUT2D eigenvalue weighted by molar-refractivity contribution is 6.46. The molecule has 0 saturated carbocycles. The zero-order valence-electron chi connectivity index (χ0n) is 16.5. The van der Waals surface area contributed by atoms with Gasteiger partial charge in [-0.25, -0.2) is 0 Å². The highest BCUT2D eigenvalue weighted by atomic mass is 16.5. The molecule has 1 atom stereocenters. The number of Topliss-reactive ketones (excluding diaryl/α,β-unsaturated/α-hetero) is 1. The summed E-state index contributed by atoms with van der Waals surface area (Å²) in [6.45, 7) is 3.23. The van der Waals surface area contributed by atoms with Crippen LogP contribution in [0.5, 0.6) is 5.75 Å². The van der Waals surface area contributed by atoms with E-state index in [1.165, 1.54) is 17.3 Å². The third kappa shape index (κ3) is 4.30. The minimum Gasteiger partial charge on any atom is -0.507 e. The average molecular weight is 396 g/mol. The number of likely N-dealkylation sites (tertiary alicyclic amines) is 1. The topological polar surface area (TPSA) is 89.0 Å². The van der Waals surface area contributed by atoms with Crippen molar-refractivity contribution in [2.45, 2.75) is 19.4 Å². The summed E-state index contributed by atoms with van der Waals surface area (Å²) in [5.41, 5.74) is 1.23. The Bertz CT molecular complexity index is 893. The molecule has 0 aliphatic carbocycles. The van der Waals surface area contributed by atoms with Gasteiger partial charge in [-0.05, 0) is 43.2 Å². The number of pyridine rings is 1. The lowest BCUT2D eigenvalue weighted by atomic mass is 9.95. The van der Waals surface area contributed by atoms with Gasteiger partial charge in [0, 0.05) is 38.2 Å². The number of ether oxygens (including phenoxy) is 2. The predicted molar refractivity (Wildman–Crippen MR) is 107 cm³/mol. The number of aliphatic hydroxyl groups is 1. The lowest BCUT2D eigenvalue weighted by Crippen LogP contribution is -2.31. The van der Waals surface area contributed by atoms with E-state index in [9.17, 15) is 14.7 Å². The van der Waals surface area contributed by atoms with Crippen LogP contribution in [0.1, 0.15) is 30.5 Å². The molecule has 2 heterocycles. The van der Waals surface area contributed by atoms with Crippen molar-refractivity contribution in [3.8, 4) is 5.75 Å². The summed E-state index contributed by atoms with van der Waals surface area (Å²) in [6, 6.07) is 9.72. The molecule has 1 fully saturated rings. The van der Waals surface area contributed by atoms with E-state index in [1.807, 2.05) is 19.1 Å². The van der Waals surface area contributed by atoms with Crippen LogP contribution < -0.4 is 4.74 Å². The van der Waals surface area contributed by atoms with Crippen molar-refractivity contribution < 1.29 is 24.2 Å². The van der Waals surface area contributed by atoms with Crippen molar-refractivity contribution in [2.24, 2.45) is 0 Å². The summed E-state index contributed by atoms with van der Waals surface area (Å²) in [4.78, 5) is 31.0. The number of hydrogen-bond acceptors (Lipinski definition) is 6. The van der Waals surface area contributed by atoms with Crippen molar-refractivity contribution in [1.29, 1.82) is 0 Å². The van der Waals surface area contributed by atoms with E-state index in [1.54, 1.807) is 31.4 Å². The molecule has 1 aliphatic heterocycles. The van der Waals surface area contributed by atoms with Crippen LogP contribution in [0, 0.1) is 0 Å². The third-order valence-electron chi connectivity index (χ3n) is 4.75. The van der Waals surface area contributed by atoms with E-state index >= 15 is 0 Å². The largest absolute Gasteiger partial charge is 0.507 e. The highest BCUT2D eigenvalue weighted by Crippen LogP contribution is 2.39. The number of carbonyl (C=O) groups excluding carboxylic acids is 2.